The Balaban J connectivity index is 2.08. The normalized spacial score (nSPS) is 15.7. The molecule has 17 heavy (non-hydrogen) atoms. The van der Waals surface area contributed by atoms with Crippen molar-refractivity contribution >= 4 is 5.91 Å². The molecule has 4 heteroatoms. The molecule has 3 N–H and O–H groups in total. The van der Waals surface area contributed by atoms with Gasteiger partial charge in [0.2, 0.25) is 0 Å². The van der Waals surface area contributed by atoms with Gasteiger partial charge in [-0.2, -0.15) is 0 Å². The molecular formula is C13H19N3O. The maximum Gasteiger partial charge on any atom is 0.251 e. The van der Waals surface area contributed by atoms with Crippen LogP contribution in [0.2, 0.25) is 0 Å². The zero-order chi connectivity index (χ0) is 12.5. The standard InChI is InChI=1S/C13H19N3O/c1-13(2,10-3-4-10)16-12(17)9-5-6-15-11(7-9)8-14/h5-7,10H,3-4,8,14H2,1-2H3,(H,16,17). The number of carbonyl (C=O) groups excluding carboxylic acids is 1. The summed E-state index contributed by atoms with van der Waals surface area (Å²) in [6.45, 7) is 4.51. The van der Waals surface area contributed by atoms with Crippen LogP contribution >= 0.6 is 0 Å². The third-order valence-corrected chi connectivity index (χ3v) is 3.32. The third-order valence-electron chi connectivity index (χ3n) is 3.32. The smallest absolute Gasteiger partial charge is 0.251 e. The van der Waals surface area contributed by atoms with E-state index in [1.165, 1.54) is 12.8 Å². The number of rotatable bonds is 4. The molecule has 1 saturated carbocycles. The molecule has 1 amide bonds. The summed E-state index contributed by atoms with van der Waals surface area (Å²) in [5, 5.41) is 3.08. The molecule has 0 radical (unpaired) electrons. The van der Waals surface area contributed by atoms with Crippen molar-refractivity contribution in [3.05, 3.63) is 29.6 Å². The number of carbonyl (C=O) groups is 1. The molecule has 0 unspecified atom stereocenters. The molecule has 0 aliphatic heterocycles. The van der Waals surface area contributed by atoms with Gasteiger partial charge in [-0.25, -0.2) is 0 Å². The summed E-state index contributed by atoms with van der Waals surface area (Å²) in [5.41, 5.74) is 6.76. The van der Waals surface area contributed by atoms with E-state index in [9.17, 15) is 4.79 Å². The van der Waals surface area contributed by atoms with E-state index in [0.717, 1.165) is 5.69 Å². The number of hydrogen-bond donors (Lipinski definition) is 2. The van der Waals surface area contributed by atoms with Crippen LogP contribution < -0.4 is 11.1 Å². The quantitative estimate of drug-likeness (QED) is 0.827. The van der Waals surface area contributed by atoms with Crippen molar-refractivity contribution in [2.45, 2.75) is 38.8 Å². The van der Waals surface area contributed by atoms with E-state index in [2.05, 4.69) is 24.1 Å². The molecule has 2 rings (SSSR count). The van der Waals surface area contributed by atoms with Gasteiger partial charge in [0.1, 0.15) is 0 Å². The summed E-state index contributed by atoms with van der Waals surface area (Å²) in [6, 6.07) is 3.47. The zero-order valence-corrected chi connectivity index (χ0v) is 10.4. The first-order chi connectivity index (χ1) is 8.03. The Morgan fingerprint density at radius 1 is 1.59 bits per heavy atom. The molecule has 1 aliphatic rings. The first-order valence-electron chi connectivity index (χ1n) is 6.00. The highest BCUT2D eigenvalue weighted by Crippen LogP contribution is 2.39. The van der Waals surface area contributed by atoms with Crippen LogP contribution in [0.3, 0.4) is 0 Å². The fraction of sp³-hybridized carbons (Fsp3) is 0.538. The van der Waals surface area contributed by atoms with Crippen LogP contribution in [0.5, 0.6) is 0 Å². The van der Waals surface area contributed by atoms with E-state index in [1.807, 2.05) is 0 Å². The number of nitrogens with zero attached hydrogens (tertiary/aromatic N) is 1. The fourth-order valence-corrected chi connectivity index (χ4v) is 2.00. The van der Waals surface area contributed by atoms with E-state index in [1.54, 1.807) is 18.3 Å². The molecule has 1 fully saturated rings. The van der Waals surface area contributed by atoms with Crippen LogP contribution in [0.4, 0.5) is 0 Å². The number of pyridine rings is 1. The van der Waals surface area contributed by atoms with E-state index in [0.29, 0.717) is 18.0 Å². The van der Waals surface area contributed by atoms with Gasteiger partial charge in [-0.1, -0.05) is 0 Å². The largest absolute Gasteiger partial charge is 0.347 e. The van der Waals surface area contributed by atoms with Crippen LogP contribution in [0.25, 0.3) is 0 Å². The predicted molar refractivity (Wildman–Crippen MR) is 66.4 cm³/mol. The highest BCUT2D eigenvalue weighted by Gasteiger charge is 2.38. The summed E-state index contributed by atoms with van der Waals surface area (Å²) in [7, 11) is 0. The monoisotopic (exact) mass is 233 g/mol. The maximum atomic E-state index is 12.1. The van der Waals surface area contributed by atoms with Crippen molar-refractivity contribution in [2.24, 2.45) is 11.7 Å². The van der Waals surface area contributed by atoms with Crippen molar-refractivity contribution < 1.29 is 4.79 Å². The van der Waals surface area contributed by atoms with Gasteiger partial charge in [-0.15, -0.1) is 0 Å². The summed E-state index contributed by atoms with van der Waals surface area (Å²) in [6.07, 6.45) is 4.04. The van der Waals surface area contributed by atoms with Gasteiger partial charge in [-0.3, -0.25) is 9.78 Å². The molecular weight excluding hydrogens is 214 g/mol. The summed E-state index contributed by atoms with van der Waals surface area (Å²) in [5.74, 6) is 0.571. The highest BCUT2D eigenvalue weighted by atomic mass is 16.1. The Labute approximate surface area is 102 Å². The minimum atomic E-state index is -0.122. The SMILES string of the molecule is CC(C)(NC(=O)c1ccnc(CN)c1)C1CC1. The van der Waals surface area contributed by atoms with Crippen LogP contribution in [-0.4, -0.2) is 16.4 Å². The topological polar surface area (TPSA) is 68.0 Å². The Hall–Kier alpha value is -1.42. The van der Waals surface area contributed by atoms with E-state index >= 15 is 0 Å². The Bertz CT molecular complexity index is 424. The Morgan fingerprint density at radius 2 is 2.29 bits per heavy atom. The molecule has 0 spiro atoms. The van der Waals surface area contributed by atoms with Crippen LogP contribution in [0.1, 0.15) is 42.7 Å². The second-order valence-corrected chi connectivity index (χ2v) is 5.19. The van der Waals surface area contributed by atoms with Crippen molar-refractivity contribution in [2.75, 3.05) is 0 Å². The lowest BCUT2D eigenvalue weighted by molar-refractivity contribution is 0.0903. The summed E-state index contributed by atoms with van der Waals surface area (Å²) in [4.78, 5) is 16.2. The summed E-state index contributed by atoms with van der Waals surface area (Å²) >= 11 is 0. The first-order valence-corrected chi connectivity index (χ1v) is 6.00. The van der Waals surface area contributed by atoms with E-state index in [-0.39, 0.29) is 11.4 Å². The molecule has 1 aromatic rings. The minimum absolute atomic E-state index is 0.0426. The van der Waals surface area contributed by atoms with Gasteiger partial charge in [-0.05, 0) is 44.7 Å². The predicted octanol–water partition coefficient (Wildman–Crippen LogP) is 1.46. The number of hydrogen-bond acceptors (Lipinski definition) is 3. The second-order valence-electron chi connectivity index (χ2n) is 5.19. The molecule has 1 aliphatic carbocycles. The van der Waals surface area contributed by atoms with Crippen molar-refractivity contribution in [3.63, 3.8) is 0 Å². The number of nitrogens with one attached hydrogen (secondary N) is 1. The molecule has 0 atom stereocenters. The second kappa shape index (κ2) is 4.45. The molecule has 1 aromatic heterocycles. The lowest BCUT2D eigenvalue weighted by Gasteiger charge is -2.26. The molecule has 4 nitrogen and oxygen atoms in total. The maximum absolute atomic E-state index is 12.1. The average Bonchev–Trinajstić information content (AvgIpc) is 3.12. The Morgan fingerprint density at radius 3 is 2.88 bits per heavy atom. The first kappa shape index (κ1) is 12.0. The van der Waals surface area contributed by atoms with Gasteiger partial charge in [0.25, 0.3) is 5.91 Å². The molecule has 1 heterocycles. The number of nitrogens with two attached hydrogens (primary N) is 1. The van der Waals surface area contributed by atoms with Crippen LogP contribution in [0, 0.1) is 5.92 Å². The van der Waals surface area contributed by atoms with Crippen LogP contribution in [-0.2, 0) is 6.54 Å². The van der Waals surface area contributed by atoms with Gasteiger partial charge in [0.15, 0.2) is 0 Å². The number of amides is 1. The van der Waals surface area contributed by atoms with Crippen molar-refractivity contribution in [1.29, 1.82) is 0 Å². The number of aromatic nitrogens is 1. The van der Waals surface area contributed by atoms with Gasteiger partial charge >= 0.3 is 0 Å². The van der Waals surface area contributed by atoms with Gasteiger partial charge in [0.05, 0.1) is 5.69 Å². The Kier molecular flexibility index (Phi) is 3.15. The van der Waals surface area contributed by atoms with E-state index in [4.69, 9.17) is 5.73 Å². The molecule has 92 valence electrons. The molecule has 0 aromatic carbocycles. The lowest BCUT2D eigenvalue weighted by Crippen LogP contribution is -2.45. The minimum Gasteiger partial charge on any atom is -0.347 e. The molecule has 0 saturated heterocycles. The summed E-state index contributed by atoms with van der Waals surface area (Å²) < 4.78 is 0. The van der Waals surface area contributed by atoms with E-state index < -0.39 is 0 Å². The van der Waals surface area contributed by atoms with Crippen molar-refractivity contribution in [3.8, 4) is 0 Å². The fourth-order valence-electron chi connectivity index (χ4n) is 2.00. The van der Waals surface area contributed by atoms with Gasteiger partial charge in [0, 0.05) is 23.8 Å². The molecule has 0 bridgehead atoms. The third kappa shape index (κ3) is 2.82. The van der Waals surface area contributed by atoms with Gasteiger partial charge < -0.3 is 11.1 Å². The average molecular weight is 233 g/mol. The van der Waals surface area contributed by atoms with Crippen LogP contribution in [0.15, 0.2) is 18.3 Å². The highest BCUT2D eigenvalue weighted by molar-refractivity contribution is 5.94. The zero-order valence-electron chi connectivity index (χ0n) is 10.4. The lowest BCUT2D eigenvalue weighted by atomic mass is 9.98. The van der Waals surface area contributed by atoms with Crippen molar-refractivity contribution in [1.82, 2.24) is 10.3 Å².